The van der Waals surface area contributed by atoms with E-state index in [2.05, 4.69) is 48.3 Å². The SMILES string of the molecule is CCCNC(Cc1nn(C)c2ccccc12)C1CCCS1. The molecule has 0 radical (unpaired) electrons. The van der Waals surface area contributed by atoms with E-state index in [1.807, 2.05) is 11.7 Å². The van der Waals surface area contributed by atoms with E-state index in [9.17, 15) is 0 Å². The predicted molar refractivity (Wildman–Crippen MR) is 92.0 cm³/mol. The molecule has 2 aromatic rings. The number of aromatic nitrogens is 2. The standard InChI is InChI=1S/C17H25N3S/c1-3-10-18-15(17-9-6-11-21-17)12-14-13-7-4-5-8-16(13)20(2)19-14/h4-5,7-8,15,17-18H,3,6,9-12H2,1-2H3. The van der Waals surface area contributed by atoms with Crippen molar-refractivity contribution in [1.29, 1.82) is 0 Å². The lowest BCUT2D eigenvalue weighted by molar-refractivity contribution is 0.477. The molecule has 4 heteroatoms. The van der Waals surface area contributed by atoms with E-state index in [0.29, 0.717) is 6.04 Å². The van der Waals surface area contributed by atoms with E-state index in [-0.39, 0.29) is 0 Å². The summed E-state index contributed by atoms with van der Waals surface area (Å²) in [5.74, 6) is 1.32. The van der Waals surface area contributed by atoms with Crippen molar-refractivity contribution in [3.8, 4) is 0 Å². The molecule has 0 aliphatic carbocycles. The van der Waals surface area contributed by atoms with Crippen LogP contribution in [0, 0.1) is 0 Å². The number of benzene rings is 1. The zero-order valence-electron chi connectivity index (χ0n) is 13.0. The van der Waals surface area contributed by atoms with Gasteiger partial charge in [0.05, 0.1) is 11.2 Å². The minimum atomic E-state index is 0.552. The van der Waals surface area contributed by atoms with Crippen molar-refractivity contribution >= 4 is 22.7 Å². The van der Waals surface area contributed by atoms with Gasteiger partial charge in [-0.2, -0.15) is 16.9 Å². The van der Waals surface area contributed by atoms with Crippen LogP contribution in [0.15, 0.2) is 24.3 Å². The molecule has 2 heterocycles. The number of hydrogen-bond acceptors (Lipinski definition) is 3. The average molecular weight is 303 g/mol. The molecule has 114 valence electrons. The molecule has 1 fully saturated rings. The third-order valence-corrected chi connectivity index (χ3v) is 5.83. The van der Waals surface area contributed by atoms with E-state index < -0.39 is 0 Å². The molecule has 0 amide bonds. The molecule has 1 aliphatic heterocycles. The summed E-state index contributed by atoms with van der Waals surface area (Å²) in [6.07, 6.45) is 4.94. The second-order valence-electron chi connectivity index (χ2n) is 5.90. The Bertz CT molecular complexity index is 587. The number of thioether (sulfide) groups is 1. The summed E-state index contributed by atoms with van der Waals surface area (Å²) in [6.45, 7) is 3.34. The highest BCUT2D eigenvalue weighted by Gasteiger charge is 2.26. The van der Waals surface area contributed by atoms with Crippen molar-refractivity contribution in [1.82, 2.24) is 15.1 Å². The molecule has 2 atom stereocenters. The molecule has 1 aromatic carbocycles. The molecule has 0 bridgehead atoms. The molecule has 1 aliphatic rings. The third-order valence-electron chi connectivity index (χ3n) is 4.32. The van der Waals surface area contributed by atoms with Gasteiger partial charge in [0.25, 0.3) is 0 Å². The lowest BCUT2D eigenvalue weighted by atomic mass is 10.0. The number of aryl methyl sites for hydroxylation is 1. The van der Waals surface area contributed by atoms with Crippen LogP contribution in [0.25, 0.3) is 10.9 Å². The molecular formula is C17H25N3S. The van der Waals surface area contributed by atoms with Crippen LogP contribution < -0.4 is 5.32 Å². The van der Waals surface area contributed by atoms with Crippen LogP contribution in [0.3, 0.4) is 0 Å². The Hall–Kier alpha value is -1.00. The van der Waals surface area contributed by atoms with Gasteiger partial charge < -0.3 is 5.32 Å². The lowest BCUT2D eigenvalue weighted by Gasteiger charge is -2.23. The van der Waals surface area contributed by atoms with E-state index >= 15 is 0 Å². The topological polar surface area (TPSA) is 29.9 Å². The van der Waals surface area contributed by atoms with Gasteiger partial charge in [0, 0.05) is 30.1 Å². The van der Waals surface area contributed by atoms with E-state index in [0.717, 1.165) is 18.2 Å². The summed E-state index contributed by atoms with van der Waals surface area (Å²) in [5, 5.41) is 10.6. The molecule has 2 unspecified atom stereocenters. The number of hydrogen-bond donors (Lipinski definition) is 1. The zero-order chi connectivity index (χ0) is 14.7. The summed E-state index contributed by atoms with van der Waals surface area (Å²) in [7, 11) is 2.05. The fourth-order valence-electron chi connectivity index (χ4n) is 3.23. The second kappa shape index (κ2) is 6.84. The first-order chi connectivity index (χ1) is 10.3. The van der Waals surface area contributed by atoms with Gasteiger partial charge in [0.15, 0.2) is 0 Å². The van der Waals surface area contributed by atoms with Crippen LogP contribution in [0.4, 0.5) is 0 Å². The Labute approximate surface area is 131 Å². The molecular weight excluding hydrogens is 278 g/mol. The van der Waals surface area contributed by atoms with Crippen molar-refractivity contribution in [3.05, 3.63) is 30.0 Å². The minimum absolute atomic E-state index is 0.552. The van der Waals surface area contributed by atoms with E-state index in [1.54, 1.807) is 0 Å². The Morgan fingerprint density at radius 2 is 2.29 bits per heavy atom. The van der Waals surface area contributed by atoms with Crippen molar-refractivity contribution < 1.29 is 0 Å². The average Bonchev–Trinajstić information content (AvgIpc) is 3.13. The number of nitrogens with one attached hydrogen (secondary N) is 1. The van der Waals surface area contributed by atoms with Crippen molar-refractivity contribution in [2.24, 2.45) is 7.05 Å². The van der Waals surface area contributed by atoms with Crippen LogP contribution in [-0.2, 0) is 13.5 Å². The van der Waals surface area contributed by atoms with Crippen LogP contribution in [0.5, 0.6) is 0 Å². The van der Waals surface area contributed by atoms with Crippen LogP contribution in [-0.4, -0.2) is 33.4 Å². The van der Waals surface area contributed by atoms with Gasteiger partial charge in [-0.3, -0.25) is 4.68 Å². The van der Waals surface area contributed by atoms with Crippen LogP contribution >= 0.6 is 11.8 Å². The molecule has 3 rings (SSSR count). The van der Waals surface area contributed by atoms with Crippen molar-refractivity contribution in [2.75, 3.05) is 12.3 Å². The van der Waals surface area contributed by atoms with E-state index in [1.165, 1.54) is 41.6 Å². The molecule has 0 saturated carbocycles. The summed E-state index contributed by atoms with van der Waals surface area (Å²) in [5.41, 5.74) is 2.48. The molecule has 0 spiro atoms. The monoisotopic (exact) mass is 303 g/mol. The highest BCUT2D eigenvalue weighted by molar-refractivity contribution is 8.00. The maximum absolute atomic E-state index is 4.78. The Balaban J connectivity index is 1.82. The Kier molecular flexibility index (Phi) is 4.86. The minimum Gasteiger partial charge on any atom is -0.312 e. The van der Waals surface area contributed by atoms with Crippen molar-refractivity contribution in [3.63, 3.8) is 0 Å². The second-order valence-corrected chi connectivity index (χ2v) is 7.25. The number of nitrogens with zero attached hydrogens (tertiary/aromatic N) is 2. The van der Waals surface area contributed by atoms with Crippen LogP contribution in [0.2, 0.25) is 0 Å². The first-order valence-corrected chi connectivity index (χ1v) is 9.10. The largest absolute Gasteiger partial charge is 0.312 e. The predicted octanol–water partition coefficient (Wildman–Crippen LogP) is 3.38. The first kappa shape index (κ1) is 14.9. The smallest absolute Gasteiger partial charge is 0.0719 e. The molecule has 21 heavy (non-hydrogen) atoms. The fraction of sp³-hybridized carbons (Fsp3) is 0.588. The molecule has 1 N–H and O–H groups in total. The van der Waals surface area contributed by atoms with E-state index in [4.69, 9.17) is 5.10 Å². The molecule has 3 nitrogen and oxygen atoms in total. The molecule has 1 saturated heterocycles. The quantitative estimate of drug-likeness (QED) is 0.887. The normalized spacial score (nSPS) is 20.2. The summed E-state index contributed by atoms with van der Waals surface area (Å²) >= 11 is 2.14. The highest BCUT2D eigenvalue weighted by Crippen LogP contribution is 2.31. The van der Waals surface area contributed by atoms with Gasteiger partial charge in [0.2, 0.25) is 0 Å². The van der Waals surface area contributed by atoms with Gasteiger partial charge in [-0.1, -0.05) is 25.1 Å². The first-order valence-electron chi connectivity index (χ1n) is 8.05. The lowest BCUT2D eigenvalue weighted by Crippen LogP contribution is -2.39. The van der Waals surface area contributed by atoms with Crippen LogP contribution in [0.1, 0.15) is 31.9 Å². The Morgan fingerprint density at radius 1 is 1.43 bits per heavy atom. The maximum Gasteiger partial charge on any atom is 0.0719 e. The summed E-state index contributed by atoms with van der Waals surface area (Å²) in [6, 6.07) is 9.12. The third kappa shape index (κ3) is 3.27. The fourth-order valence-corrected chi connectivity index (χ4v) is 4.63. The Morgan fingerprint density at radius 3 is 3.05 bits per heavy atom. The number of rotatable bonds is 6. The van der Waals surface area contributed by atoms with Gasteiger partial charge in [-0.25, -0.2) is 0 Å². The highest BCUT2D eigenvalue weighted by atomic mass is 32.2. The number of fused-ring (bicyclic) bond motifs is 1. The van der Waals surface area contributed by atoms with Gasteiger partial charge in [-0.05, 0) is 37.6 Å². The maximum atomic E-state index is 4.78. The zero-order valence-corrected chi connectivity index (χ0v) is 13.8. The number of para-hydroxylation sites is 1. The molecule has 1 aromatic heterocycles. The summed E-state index contributed by atoms with van der Waals surface area (Å²) < 4.78 is 2.02. The van der Waals surface area contributed by atoms with Crippen molar-refractivity contribution in [2.45, 2.75) is 43.9 Å². The van der Waals surface area contributed by atoms with Gasteiger partial charge >= 0.3 is 0 Å². The van der Waals surface area contributed by atoms with Gasteiger partial charge in [-0.15, -0.1) is 0 Å². The van der Waals surface area contributed by atoms with Gasteiger partial charge in [0.1, 0.15) is 0 Å². The summed E-state index contributed by atoms with van der Waals surface area (Å²) in [4.78, 5) is 0.